The summed E-state index contributed by atoms with van der Waals surface area (Å²) >= 11 is 5.85. The average Bonchev–Trinajstić information content (AvgIpc) is 2.28. The van der Waals surface area contributed by atoms with Crippen molar-refractivity contribution in [2.45, 2.75) is 12.6 Å². The van der Waals surface area contributed by atoms with Crippen molar-refractivity contribution < 1.29 is 9.13 Å². The summed E-state index contributed by atoms with van der Waals surface area (Å²) in [4.78, 5) is 2.26. The van der Waals surface area contributed by atoms with Gasteiger partial charge in [-0.2, -0.15) is 0 Å². The first-order valence-electron chi connectivity index (χ1n) is 6.11. The third-order valence-electron chi connectivity index (χ3n) is 2.98. The third-order valence-corrected chi connectivity index (χ3v) is 3.20. The van der Waals surface area contributed by atoms with Crippen molar-refractivity contribution in [1.82, 2.24) is 10.2 Å². The Bertz CT molecular complexity index is 380. The molecule has 0 aliphatic carbocycles. The largest absolute Gasteiger partial charge is 0.374 e. The Morgan fingerprint density at radius 2 is 2.33 bits per heavy atom. The Morgan fingerprint density at radius 1 is 1.50 bits per heavy atom. The van der Waals surface area contributed by atoms with E-state index in [4.69, 9.17) is 16.3 Å². The van der Waals surface area contributed by atoms with Gasteiger partial charge in [0.25, 0.3) is 0 Å². The SMILES string of the molecule is CNCC1CN(Cc2cc(F)cc(Cl)c2)CCO1. The number of halogens is 2. The maximum Gasteiger partial charge on any atom is 0.125 e. The first-order valence-corrected chi connectivity index (χ1v) is 6.48. The van der Waals surface area contributed by atoms with Gasteiger partial charge in [0.1, 0.15) is 5.82 Å². The number of nitrogens with zero attached hydrogens (tertiary/aromatic N) is 1. The van der Waals surface area contributed by atoms with E-state index in [1.807, 2.05) is 13.1 Å². The molecule has 1 aliphatic heterocycles. The van der Waals surface area contributed by atoms with Gasteiger partial charge in [-0.25, -0.2) is 4.39 Å². The number of morpholine rings is 1. The Labute approximate surface area is 112 Å². The smallest absolute Gasteiger partial charge is 0.125 e. The molecular formula is C13H18ClFN2O. The van der Waals surface area contributed by atoms with Gasteiger partial charge in [0.05, 0.1) is 12.7 Å². The van der Waals surface area contributed by atoms with Crippen LogP contribution in [0.2, 0.25) is 5.02 Å². The van der Waals surface area contributed by atoms with Gasteiger partial charge in [0, 0.05) is 31.2 Å². The number of ether oxygens (including phenoxy) is 1. The minimum absolute atomic E-state index is 0.202. The molecule has 0 radical (unpaired) electrons. The molecule has 1 N–H and O–H groups in total. The molecule has 18 heavy (non-hydrogen) atoms. The van der Waals surface area contributed by atoms with Crippen molar-refractivity contribution in [2.24, 2.45) is 0 Å². The second-order valence-electron chi connectivity index (χ2n) is 4.56. The zero-order chi connectivity index (χ0) is 13.0. The van der Waals surface area contributed by atoms with E-state index in [0.717, 1.165) is 31.8 Å². The standard InChI is InChI=1S/C13H18ClFN2O/c1-16-7-13-9-17(2-3-18-13)8-10-4-11(14)6-12(15)5-10/h4-6,13,16H,2-3,7-9H2,1H3. The molecule has 0 bridgehead atoms. The van der Waals surface area contributed by atoms with E-state index >= 15 is 0 Å². The molecule has 5 heteroatoms. The van der Waals surface area contributed by atoms with Gasteiger partial charge >= 0.3 is 0 Å². The first kappa shape index (κ1) is 13.7. The van der Waals surface area contributed by atoms with Crippen LogP contribution in [0.25, 0.3) is 0 Å². The number of likely N-dealkylation sites (N-methyl/N-ethyl adjacent to an activating group) is 1. The molecule has 1 aromatic rings. The van der Waals surface area contributed by atoms with E-state index in [9.17, 15) is 4.39 Å². The van der Waals surface area contributed by atoms with Crippen LogP contribution in [0, 0.1) is 5.82 Å². The molecule has 0 aromatic heterocycles. The van der Waals surface area contributed by atoms with E-state index in [0.29, 0.717) is 11.6 Å². The Balaban J connectivity index is 1.95. The topological polar surface area (TPSA) is 24.5 Å². The van der Waals surface area contributed by atoms with Gasteiger partial charge in [-0.15, -0.1) is 0 Å². The van der Waals surface area contributed by atoms with Crippen LogP contribution in [-0.2, 0) is 11.3 Å². The highest BCUT2D eigenvalue weighted by Gasteiger charge is 2.19. The molecule has 2 rings (SSSR count). The van der Waals surface area contributed by atoms with E-state index in [2.05, 4.69) is 10.2 Å². The number of benzene rings is 1. The van der Waals surface area contributed by atoms with Crippen LogP contribution in [0.15, 0.2) is 18.2 Å². The summed E-state index contributed by atoms with van der Waals surface area (Å²) in [5, 5.41) is 3.56. The average molecular weight is 273 g/mol. The monoisotopic (exact) mass is 272 g/mol. The zero-order valence-corrected chi connectivity index (χ0v) is 11.2. The van der Waals surface area contributed by atoms with Crippen LogP contribution in [0.5, 0.6) is 0 Å². The number of rotatable bonds is 4. The zero-order valence-electron chi connectivity index (χ0n) is 10.5. The molecule has 1 unspecified atom stereocenters. The lowest BCUT2D eigenvalue weighted by molar-refractivity contribution is -0.0291. The lowest BCUT2D eigenvalue weighted by Crippen LogP contribution is -2.45. The van der Waals surface area contributed by atoms with Gasteiger partial charge < -0.3 is 10.1 Å². The van der Waals surface area contributed by atoms with Crippen LogP contribution in [0.1, 0.15) is 5.56 Å². The lowest BCUT2D eigenvalue weighted by Gasteiger charge is -2.32. The predicted molar refractivity (Wildman–Crippen MR) is 70.4 cm³/mol. The third kappa shape index (κ3) is 3.92. The molecule has 1 aromatic carbocycles. The summed E-state index contributed by atoms with van der Waals surface area (Å²) in [6.07, 6.45) is 0.202. The van der Waals surface area contributed by atoms with Gasteiger partial charge in [-0.1, -0.05) is 11.6 Å². The van der Waals surface area contributed by atoms with Crippen LogP contribution >= 0.6 is 11.6 Å². The molecular weight excluding hydrogens is 255 g/mol. The minimum Gasteiger partial charge on any atom is -0.374 e. The summed E-state index contributed by atoms with van der Waals surface area (Å²) in [7, 11) is 1.91. The summed E-state index contributed by atoms with van der Waals surface area (Å²) in [5.74, 6) is -0.280. The molecule has 1 heterocycles. The minimum atomic E-state index is -0.280. The van der Waals surface area contributed by atoms with Crippen molar-refractivity contribution >= 4 is 11.6 Å². The summed E-state index contributed by atoms with van der Waals surface area (Å²) < 4.78 is 18.9. The molecule has 0 saturated carbocycles. The molecule has 0 spiro atoms. The van der Waals surface area contributed by atoms with Crippen LogP contribution < -0.4 is 5.32 Å². The van der Waals surface area contributed by atoms with Crippen molar-refractivity contribution in [3.8, 4) is 0 Å². The maximum atomic E-state index is 13.2. The Morgan fingerprint density at radius 3 is 3.06 bits per heavy atom. The quantitative estimate of drug-likeness (QED) is 0.906. The molecule has 3 nitrogen and oxygen atoms in total. The summed E-state index contributed by atoms with van der Waals surface area (Å²) in [5.41, 5.74) is 0.908. The normalized spacial score (nSPS) is 21.2. The fourth-order valence-corrected chi connectivity index (χ4v) is 2.48. The van der Waals surface area contributed by atoms with E-state index in [1.54, 1.807) is 0 Å². The van der Waals surface area contributed by atoms with E-state index < -0.39 is 0 Å². The first-order chi connectivity index (χ1) is 8.67. The highest BCUT2D eigenvalue weighted by molar-refractivity contribution is 6.30. The van der Waals surface area contributed by atoms with Crippen molar-refractivity contribution in [1.29, 1.82) is 0 Å². The van der Waals surface area contributed by atoms with Crippen molar-refractivity contribution in [2.75, 3.05) is 33.3 Å². The lowest BCUT2D eigenvalue weighted by atomic mass is 10.2. The maximum absolute atomic E-state index is 13.2. The predicted octanol–water partition coefficient (Wildman–Crippen LogP) is 1.90. The second kappa shape index (κ2) is 6.48. The Hall–Kier alpha value is -0.680. The molecule has 100 valence electrons. The number of hydrogen-bond donors (Lipinski definition) is 1. The van der Waals surface area contributed by atoms with Gasteiger partial charge in [0.15, 0.2) is 0 Å². The van der Waals surface area contributed by atoms with Gasteiger partial charge in [-0.3, -0.25) is 4.90 Å². The van der Waals surface area contributed by atoms with Crippen molar-refractivity contribution in [3.63, 3.8) is 0 Å². The fraction of sp³-hybridized carbons (Fsp3) is 0.538. The van der Waals surface area contributed by atoms with Crippen LogP contribution in [0.4, 0.5) is 4.39 Å². The van der Waals surface area contributed by atoms with Crippen LogP contribution in [0.3, 0.4) is 0 Å². The summed E-state index contributed by atoms with van der Waals surface area (Å²) in [6.45, 7) is 3.99. The molecule has 1 atom stereocenters. The Kier molecular flexibility index (Phi) is 4.95. The fourth-order valence-electron chi connectivity index (χ4n) is 2.24. The number of hydrogen-bond acceptors (Lipinski definition) is 3. The highest BCUT2D eigenvalue weighted by atomic mass is 35.5. The van der Waals surface area contributed by atoms with E-state index in [1.165, 1.54) is 12.1 Å². The molecule has 1 aliphatic rings. The summed E-state index contributed by atoms with van der Waals surface area (Å²) in [6, 6.07) is 4.68. The van der Waals surface area contributed by atoms with E-state index in [-0.39, 0.29) is 11.9 Å². The number of nitrogens with one attached hydrogen (secondary N) is 1. The molecule has 1 saturated heterocycles. The molecule has 1 fully saturated rings. The molecule has 0 amide bonds. The van der Waals surface area contributed by atoms with Gasteiger partial charge in [-0.05, 0) is 30.8 Å². The van der Waals surface area contributed by atoms with Gasteiger partial charge in [0.2, 0.25) is 0 Å². The van der Waals surface area contributed by atoms with Crippen molar-refractivity contribution in [3.05, 3.63) is 34.6 Å². The van der Waals surface area contributed by atoms with Crippen LogP contribution in [-0.4, -0.2) is 44.3 Å². The highest BCUT2D eigenvalue weighted by Crippen LogP contribution is 2.17. The second-order valence-corrected chi connectivity index (χ2v) is 5.00.